The van der Waals surface area contributed by atoms with Gasteiger partial charge in [0.1, 0.15) is 5.76 Å². The van der Waals surface area contributed by atoms with Gasteiger partial charge in [0.15, 0.2) is 0 Å². The molecule has 6 heteroatoms. The fraction of sp³-hybridized carbons (Fsp3) is 0.692. The van der Waals surface area contributed by atoms with Crippen LogP contribution in [0, 0.1) is 0 Å². The predicted molar refractivity (Wildman–Crippen MR) is 73.3 cm³/mol. The summed E-state index contributed by atoms with van der Waals surface area (Å²) < 4.78 is 32.1. The number of hydrogen-bond acceptors (Lipinski definition) is 4. The van der Waals surface area contributed by atoms with Gasteiger partial charge in [-0.3, -0.25) is 0 Å². The molecule has 0 amide bonds. The smallest absolute Gasteiger partial charge is 0.276 e. The van der Waals surface area contributed by atoms with E-state index in [1.165, 1.54) is 0 Å². The molecule has 0 aliphatic heterocycles. The minimum Gasteiger partial charge on any atom is -0.447 e. The Hall–Kier alpha value is -0.850. The quantitative estimate of drug-likeness (QED) is 0.793. The van der Waals surface area contributed by atoms with Crippen LogP contribution in [-0.4, -0.2) is 31.9 Å². The van der Waals surface area contributed by atoms with Crippen molar-refractivity contribution in [2.75, 3.05) is 13.1 Å². The van der Waals surface area contributed by atoms with Crippen molar-refractivity contribution in [2.24, 2.45) is 0 Å². The molecule has 108 valence electrons. The Morgan fingerprint density at radius 2 is 2.11 bits per heavy atom. The largest absolute Gasteiger partial charge is 0.447 e. The molecule has 2 rings (SSSR count). The van der Waals surface area contributed by atoms with Gasteiger partial charge in [-0.25, -0.2) is 8.42 Å². The molecule has 1 aromatic rings. The molecule has 0 saturated heterocycles. The van der Waals surface area contributed by atoms with Gasteiger partial charge in [-0.2, -0.15) is 4.31 Å². The van der Waals surface area contributed by atoms with E-state index in [1.807, 2.05) is 13.8 Å². The summed E-state index contributed by atoms with van der Waals surface area (Å²) >= 11 is 0. The number of sulfonamides is 1. The molecule has 0 bridgehead atoms. The second-order valence-electron chi connectivity index (χ2n) is 4.85. The average molecular weight is 286 g/mol. The Morgan fingerprint density at radius 1 is 1.37 bits per heavy atom. The Morgan fingerprint density at radius 3 is 2.68 bits per heavy atom. The van der Waals surface area contributed by atoms with E-state index in [-0.39, 0.29) is 11.1 Å². The molecule has 0 atom stereocenters. The van der Waals surface area contributed by atoms with E-state index < -0.39 is 10.0 Å². The Balaban J connectivity index is 2.15. The minimum absolute atomic E-state index is 0.0701. The second kappa shape index (κ2) is 6.07. The van der Waals surface area contributed by atoms with Gasteiger partial charge in [0.25, 0.3) is 10.0 Å². The van der Waals surface area contributed by atoms with E-state index in [0.29, 0.717) is 18.8 Å². The van der Waals surface area contributed by atoms with Crippen molar-refractivity contribution in [3.05, 3.63) is 17.9 Å². The molecule has 1 saturated carbocycles. The fourth-order valence-electron chi connectivity index (χ4n) is 2.04. The van der Waals surface area contributed by atoms with E-state index >= 15 is 0 Å². The average Bonchev–Trinajstić information content (AvgIpc) is 3.10. The zero-order chi connectivity index (χ0) is 13.9. The van der Waals surface area contributed by atoms with Gasteiger partial charge in [-0.1, -0.05) is 13.8 Å². The number of nitrogens with one attached hydrogen (secondary N) is 1. The molecule has 0 unspecified atom stereocenters. The maximum absolute atomic E-state index is 12.5. The van der Waals surface area contributed by atoms with Crippen LogP contribution < -0.4 is 5.32 Å². The Labute approximate surface area is 115 Å². The summed E-state index contributed by atoms with van der Waals surface area (Å²) in [6.07, 6.45) is 2.75. The number of nitrogens with zero attached hydrogens (tertiary/aromatic N) is 1. The summed E-state index contributed by atoms with van der Waals surface area (Å²) in [6.45, 7) is 5.94. The van der Waals surface area contributed by atoms with Crippen molar-refractivity contribution in [1.82, 2.24) is 9.62 Å². The molecule has 1 fully saturated rings. The molecule has 1 heterocycles. The van der Waals surface area contributed by atoms with Crippen LogP contribution >= 0.6 is 0 Å². The number of furan rings is 1. The summed E-state index contributed by atoms with van der Waals surface area (Å²) in [4.78, 5) is 0. The summed E-state index contributed by atoms with van der Waals surface area (Å²) in [7, 11) is -3.47. The van der Waals surface area contributed by atoms with Crippen molar-refractivity contribution < 1.29 is 12.8 Å². The minimum atomic E-state index is -3.47. The fourth-order valence-corrected chi connectivity index (χ4v) is 3.75. The summed E-state index contributed by atoms with van der Waals surface area (Å²) in [6, 6.07) is 3.46. The van der Waals surface area contributed by atoms with Crippen LogP contribution in [0.15, 0.2) is 21.6 Å². The Bertz CT molecular complexity index is 506. The highest BCUT2D eigenvalue weighted by molar-refractivity contribution is 7.89. The maximum Gasteiger partial charge on any atom is 0.276 e. The third kappa shape index (κ3) is 3.38. The van der Waals surface area contributed by atoms with E-state index in [2.05, 4.69) is 5.32 Å². The van der Waals surface area contributed by atoms with Crippen LogP contribution in [0.3, 0.4) is 0 Å². The lowest BCUT2D eigenvalue weighted by molar-refractivity contribution is 0.358. The second-order valence-corrected chi connectivity index (χ2v) is 6.67. The molecule has 0 radical (unpaired) electrons. The number of rotatable bonds is 8. The SMILES string of the molecule is CCCN(C1CC1)S(=O)(=O)c1ccc(CNCC)o1. The third-order valence-corrected chi connectivity index (χ3v) is 4.97. The van der Waals surface area contributed by atoms with Crippen LogP contribution in [0.2, 0.25) is 0 Å². The van der Waals surface area contributed by atoms with Crippen molar-refractivity contribution in [3.63, 3.8) is 0 Å². The van der Waals surface area contributed by atoms with Gasteiger partial charge in [-0.15, -0.1) is 0 Å². The molecular formula is C13H22N2O3S. The highest BCUT2D eigenvalue weighted by Gasteiger charge is 2.38. The van der Waals surface area contributed by atoms with E-state index in [9.17, 15) is 8.42 Å². The Kier molecular flexibility index (Phi) is 4.65. The van der Waals surface area contributed by atoms with Gasteiger partial charge in [0.2, 0.25) is 5.09 Å². The molecule has 1 aromatic heterocycles. The molecule has 0 aromatic carbocycles. The standard InChI is InChI=1S/C13H22N2O3S/c1-3-9-15(11-5-6-11)19(16,17)13-8-7-12(18-13)10-14-4-2/h7-8,11,14H,3-6,9-10H2,1-2H3. The first-order valence-corrected chi connectivity index (χ1v) is 8.34. The van der Waals surface area contributed by atoms with Crippen LogP contribution in [0.5, 0.6) is 0 Å². The van der Waals surface area contributed by atoms with E-state index in [1.54, 1.807) is 16.4 Å². The zero-order valence-corrected chi connectivity index (χ0v) is 12.4. The highest BCUT2D eigenvalue weighted by Crippen LogP contribution is 2.32. The maximum atomic E-state index is 12.5. The summed E-state index contributed by atoms with van der Waals surface area (Å²) in [5.74, 6) is 0.660. The van der Waals surface area contributed by atoms with Crippen molar-refractivity contribution in [2.45, 2.75) is 50.8 Å². The van der Waals surface area contributed by atoms with Crippen molar-refractivity contribution in [1.29, 1.82) is 0 Å². The van der Waals surface area contributed by atoms with Crippen LogP contribution in [0.4, 0.5) is 0 Å². The summed E-state index contributed by atoms with van der Waals surface area (Å²) in [5, 5.41) is 3.19. The first kappa shape index (κ1) is 14.6. The molecule has 1 N–H and O–H groups in total. The molecule has 5 nitrogen and oxygen atoms in total. The molecule has 1 aliphatic carbocycles. The molecular weight excluding hydrogens is 264 g/mol. The molecule has 0 spiro atoms. The third-order valence-electron chi connectivity index (χ3n) is 3.15. The van der Waals surface area contributed by atoms with Gasteiger partial charge in [0, 0.05) is 12.6 Å². The van der Waals surface area contributed by atoms with Gasteiger partial charge >= 0.3 is 0 Å². The normalized spacial score (nSPS) is 16.2. The van der Waals surface area contributed by atoms with Crippen LogP contribution in [0.1, 0.15) is 38.9 Å². The van der Waals surface area contributed by atoms with Crippen LogP contribution in [-0.2, 0) is 16.6 Å². The van der Waals surface area contributed by atoms with Crippen LogP contribution in [0.25, 0.3) is 0 Å². The zero-order valence-electron chi connectivity index (χ0n) is 11.6. The summed E-state index contributed by atoms with van der Waals surface area (Å²) in [5.41, 5.74) is 0. The first-order valence-electron chi connectivity index (χ1n) is 6.90. The molecule has 1 aliphatic rings. The first-order chi connectivity index (χ1) is 9.09. The molecule has 19 heavy (non-hydrogen) atoms. The lowest BCUT2D eigenvalue weighted by Crippen LogP contribution is -2.33. The van der Waals surface area contributed by atoms with E-state index in [0.717, 1.165) is 25.8 Å². The number of hydrogen-bond donors (Lipinski definition) is 1. The predicted octanol–water partition coefficient (Wildman–Crippen LogP) is 1.95. The van der Waals surface area contributed by atoms with E-state index in [4.69, 9.17) is 4.42 Å². The highest BCUT2D eigenvalue weighted by atomic mass is 32.2. The van der Waals surface area contributed by atoms with Gasteiger partial charge in [-0.05, 0) is 37.9 Å². The van der Waals surface area contributed by atoms with Crippen molar-refractivity contribution >= 4 is 10.0 Å². The van der Waals surface area contributed by atoms with Gasteiger partial charge in [0.05, 0.1) is 6.54 Å². The van der Waals surface area contributed by atoms with Gasteiger partial charge < -0.3 is 9.73 Å². The van der Waals surface area contributed by atoms with Crippen molar-refractivity contribution in [3.8, 4) is 0 Å². The monoisotopic (exact) mass is 286 g/mol. The lowest BCUT2D eigenvalue weighted by Gasteiger charge is -2.19. The topological polar surface area (TPSA) is 62.6 Å². The lowest BCUT2D eigenvalue weighted by atomic mass is 10.4.